The number of benzene rings is 1. The Kier molecular flexibility index (Phi) is 7.10. The Hall–Kier alpha value is -3.87. The van der Waals surface area contributed by atoms with Crippen molar-refractivity contribution in [2.45, 2.75) is 64.5 Å². The number of amides is 1. The van der Waals surface area contributed by atoms with Gasteiger partial charge in [0.25, 0.3) is 5.91 Å². The molecule has 1 fully saturated rings. The Morgan fingerprint density at radius 3 is 2.77 bits per heavy atom. The fourth-order valence-electron chi connectivity index (χ4n) is 4.64. The summed E-state index contributed by atoms with van der Waals surface area (Å²) in [5.41, 5.74) is 1.41. The molecule has 5 rings (SSSR count). The maximum Gasteiger partial charge on any atom is 0.406 e. The molecule has 0 radical (unpaired) electrons. The van der Waals surface area contributed by atoms with Gasteiger partial charge in [-0.05, 0) is 58.4 Å². The van der Waals surface area contributed by atoms with Crippen molar-refractivity contribution in [1.29, 1.82) is 0 Å². The number of nitrogens with one attached hydrogen (secondary N) is 3. The Labute approximate surface area is 222 Å². The minimum Gasteiger partial charge on any atom is -0.380 e. The van der Waals surface area contributed by atoms with Crippen molar-refractivity contribution in [3.8, 4) is 11.5 Å². The number of fused-ring (bicyclic) bond motifs is 1. The van der Waals surface area contributed by atoms with Gasteiger partial charge in [0.2, 0.25) is 11.7 Å². The quantitative estimate of drug-likeness (QED) is 0.318. The SMILES string of the molecule is CC(C)(C)n1cc(C(=O)NCc2nc(-c3cc4c(N[C@@H]5CCCNC5)cccc4n3CC(F)(F)F)no2)cn1. The largest absolute Gasteiger partial charge is 0.406 e. The summed E-state index contributed by atoms with van der Waals surface area (Å²) in [4.78, 5) is 16.9. The Morgan fingerprint density at radius 1 is 1.26 bits per heavy atom. The van der Waals surface area contributed by atoms with Gasteiger partial charge in [-0.2, -0.15) is 23.3 Å². The highest BCUT2D eigenvalue weighted by molar-refractivity contribution is 5.96. The smallest absolute Gasteiger partial charge is 0.380 e. The average Bonchev–Trinajstić information content (AvgIpc) is 3.62. The van der Waals surface area contributed by atoms with Crippen LogP contribution in [0.25, 0.3) is 22.4 Å². The fourth-order valence-corrected chi connectivity index (χ4v) is 4.64. The van der Waals surface area contributed by atoms with Crippen LogP contribution in [0.1, 0.15) is 49.9 Å². The van der Waals surface area contributed by atoms with Gasteiger partial charge in [-0.1, -0.05) is 11.2 Å². The summed E-state index contributed by atoms with van der Waals surface area (Å²) in [6, 6.07) is 7.06. The molecular formula is C26H31F3N8O2. The number of hydrogen-bond acceptors (Lipinski definition) is 7. The van der Waals surface area contributed by atoms with E-state index < -0.39 is 12.7 Å². The number of carbonyl (C=O) groups is 1. The second-order valence-corrected chi connectivity index (χ2v) is 10.7. The molecule has 10 nitrogen and oxygen atoms in total. The van der Waals surface area contributed by atoms with E-state index in [1.54, 1.807) is 29.1 Å². The molecule has 1 aliphatic heterocycles. The summed E-state index contributed by atoms with van der Waals surface area (Å²) in [6.45, 7) is 6.33. The number of anilines is 1. The zero-order valence-electron chi connectivity index (χ0n) is 22.0. The van der Waals surface area contributed by atoms with Crippen LogP contribution in [0.5, 0.6) is 0 Å². The van der Waals surface area contributed by atoms with E-state index >= 15 is 0 Å². The predicted molar refractivity (Wildman–Crippen MR) is 139 cm³/mol. The first-order valence-corrected chi connectivity index (χ1v) is 12.8. The standard InChI is InChI=1S/C26H31F3N8O2/c1-25(2,3)37-14-16(11-32-37)24(38)31-13-22-34-23(35-39-22)21-10-18-19(33-17-6-5-9-30-12-17)7-4-8-20(18)36(21)15-26(27,28)29/h4,7-8,10-11,14,17,30,33H,5-6,9,12-13,15H2,1-3H3,(H,31,38)/t17-/m1/s1. The lowest BCUT2D eigenvalue weighted by Crippen LogP contribution is -2.38. The van der Waals surface area contributed by atoms with Gasteiger partial charge in [-0.15, -0.1) is 0 Å². The van der Waals surface area contributed by atoms with Crippen LogP contribution >= 0.6 is 0 Å². The molecule has 4 heterocycles. The van der Waals surface area contributed by atoms with E-state index in [1.807, 2.05) is 26.8 Å². The molecule has 208 valence electrons. The topological polar surface area (TPSA) is 115 Å². The normalized spacial score (nSPS) is 16.5. The number of alkyl halides is 3. The summed E-state index contributed by atoms with van der Waals surface area (Å²) < 4.78 is 48.9. The van der Waals surface area contributed by atoms with Gasteiger partial charge < -0.3 is 25.0 Å². The average molecular weight is 545 g/mol. The van der Waals surface area contributed by atoms with Crippen molar-refractivity contribution < 1.29 is 22.5 Å². The molecule has 3 N–H and O–H groups in total. The Bertz CT molecular complexity index is 1460. The molecule has 1 amide bonds. The number of halogens is 3. The second kappa shape index (κ2) is 10.4. The third kappa shape index (κ3) is 6.08. The first-order chi connectivity index (χ1) is 18.5. The molecule has 13 heteroatoms. The highest BCUT2D eigenvalue weighted by Gasteiger charge is 2.31. The molecule has 0 bridgehead atoms. The van der Waals surface area contributed by atoms with Crippen LogP contribution in [-0.4, -0.2) is 55.7 Å². The van der Waals surface area contributed by atoms with Crippen LogP contribution in [0, 0.1) is 0 Å². The number of piperidine rings is 1. The number of carbonyl (C=O) groups excluding carboxylic acids is 1. The summed E-state index contributed by atoms with van der Waals surface area (Å²) in [6.07, 6.45) is 0.629. The van der Waals surface area contributed by atoms with Gasteiger partial charge >= 0.3 is 6.18 Å². The van der Waals surface area contributed by atoms with Gasteiger partial charge in [-0.3, -0.25) is 9.48 Å². The van der Waals surface area contributed by atoms with Crippen molar-refractivity contribution in [3.05, 3.63) is 48.1 Å². The van der Waals surface area contributed by atoms with Crippen molar-refractivity contribution >= 4 is 22.5 Å². The molecule has 1 saturated heterocycles. The van der Waals surface area contributed by atoms with Gasteiger partial charge in [0, 0.05) is 29.9 Å². The fraction of sp³-hybridized carbons (Fsp3) is 0.462. The molecule has 0 unspecified atom stereocenters. The van der Waals surface area contributed by atoms with E-state index in [9.17, 15) is 18.0 Å². The van der Waals surface area contributed by atoms with E-state index in [2.05, 4.69) is 31.2 Å². The Morgan fingerprint density at radius 2 is 2.08 bits per heavy atom. The van der Waals surface area contributed by atoms with Crippen LogP contribution in [0.15, 0.2) is 41.2 Å². The second-order valence-electron chi connectivity index (χ2n) is 10.7. The van der Waals surface area contributed by atoms with Gasteiger partial charge in [0.15, 0.2) is 0 Å². The van der Waals surface area contributed by atoms with Crippen LogP contribution in [-0.2, 0) is 18.6 Å². The number of nitrogens with zero attached hydrogens (tertiary/aromatic N) is 5. The monoisotopic (exact) mass is 544 g/mol. The van der Waals surface area contributed by atoms with E-state index in [4.69, 9.17) is 4.52 Å². The number of rotatable bonds is 7. The Balaban J connectivity index is 1.39. The van der Waals surface area contributed by atoms with Crippen molar-refractivity contribution in [2.24, 2.45) is 0 Å². The maximum absolute atomic E-state index is 13.6. The van der Waals surface area contributed by atoms with Crippen LogP contribution in [0.2, 0.25) is 0 Å². The third-order valence-electron chi connectivity index (χ3n) is 6.57. The molecule has 0 spiro atoms. The first-order valence-electron chi connectivity index (χ1n) is 12.8. The predicted octanol–water partition coefficient (Wildman–Crippen LogP) is 4.30. The lowest BCUT2D eigenvalue weighted by Gasteiger charge is -2.25. The molecule has 0 aliphatic carbocycles. The van der Waals surface area contributed by atoms with E-state index in [-0.39, 0.29) is 41.4 Å². The molecule has 0 saturated carbocycles. The van der Waals surface area contributed by atoms with Crippen molar-refractivity contribution in [2.75, 3.05) is 18.4 Å². The summed E-state index contributed by atoms with van der Waals surface area (Å²) >= 11 is 0. The molecular weight excluding hydrogens is 513 g/mol. The van der Waals surface area contributed by atoms with Gasteiger partial charge in [-0.25, -0.2) is 0 Å². The van der Waals surface area contributed by atoms with Gasteiger partial charge in [0.1, 0.15) is 6.54 Å². The molecule has 1 atom stereocenters. The van der Waals surface area contributed by atoms with Crippen LogP contribution in [0.3, 0.4) is 0 Å². The summed E-state index contributed by atoms with van der Waals surface area (Å²) in [5, 5.41) is 18.3. The molecule has 1 aromatic carbocycles. The maximum atomic E-state index is 13.6. The van der Waals surface area contributed by atoms with E-state index in [0.717, 1.165) is 36.2 Å². The highest BCUT2D eigenvalue weighted by atomic mass is 19.4. The zero-order chi connectivity index (χ0) is 27.8. The van der Waals surface area contributed by atoms with Crippen molar-refractivity contribution in [3.63, 3.8) is 0 Å². The lowest BCUT2D eigenvalue weighted by atomic mass is 10.1. The third-order valence-corrected chi connectivity index (χ3v) is 6.57. The number of hydrogen-bond donors (Lipinski definition) is 3. The highest BCUT2D eigenvalue weighted by Crippen LogP contribution is 2.34. The summed E-state index contributed by atoms with van der Waals surface area (Å²) in [7, 11) is 0. The van der Waals surface area contributed by atoms with Crippen LogP contribution in [0.4, 0.5) is 18.9 Å². The van der Waals surface area contributed by atoms with Gasteiger partial charge in [0.05, 0.1) is 35.1 Å². The minimum absolute atomic E-state index is 0.00512. The van der Waals surface area contributed by atoms with Crippen molar-refractivity contribution in [1.82, 2.24) is 35.1 Å². The lowest BCUT2D eigenvalue weighted by molar-refractivity contribution is -0.139. The minimum atomic E-state index is -4.46. The number of aromatic nitrogens is 5. The molecule has 39 heavy (non-hydrogen) atoms. The first kappa shape index (κ1) is 26.7. The van der Waals surface area contributed by atoms with E-state index in [1.165, 1.54) is 6.20 Å². The molecule has 3 aromatic heterocycles. The summed E-state index contributed by atoms with van der Waals surface area (Å²) in [5.74, 6) is -0.313. The molecule has 4 aromatic rings. The molecule has 1 aliphatic rings. The van der Waals surface area contributed by atoms with Crippen LogP contribution < -0.4 is 16.0 Å². The van der Waals surface area contributed by atoms with E-state index in [0.29, 0.717) is 16.5 Å². The zero-order valence-corrected chi connectivity index (χ0v) is 22.0.